The molecule has 1 amide bonds. The largest absolute Gasteiger partial charge is 0.508 e. The molecule has 6 nitrogen and oxygen atoms in total. The van der Waals surface area contributed by atoms with Gasteiger partial charge in [-0.05, 0) is 63.9 Å². The maximum Gasteiger partial charge on any atom is 0.412 e. The van der Waals surface area contributed by atoms with E-state index in [1.165, 1.54) is 6.07 Å². The second-order valence-electron chi connectivity index (χ2n) is 7.15. The zero-order valence-corrected chi connectivity index (χ0v) is 14.0. The summed E-state index contributed by atoms with van der Waals surface area (Å²) in [6.45, 7) is 6.77. The summed E-state index contributed by atoms with van der Waals surface area (Å²) in [5, 5.41) is 26.4. The van der Waals surface area contributed by atoms with Gasteiger partial charge in [0.1, 0.15) is 11.4 Å². The Balaban J connectivity index is 2.08. The molecule has 1 aromatic carbocycles. The highest BCUT2D eigenvalue weighted by molar-refractivity contribution is 5.85. The van der Waals surface area contributed by atoms with Crippen LogP contribution in [0.3, 0.4) is 0 Å². The Bertz CT molecular complexity index is 560. The summed E-state index contributed by atoms with van der Waals surface area (Å²) in [4.78, 5) is 11.8. The van der Waals surface area contributed by atoms with Gasteiger partial charge in [0, 0.05) is 18.7 Å². The van der Waals surface area contributed by atoms with Crippen LogP contribution in [0.25, 0.3) is 0 Å². The fourth-order valence-corrected chi connectivity index (χ4v) is 2.68. The maximum atomic E-state index is 11.8. The van der Waals surface area contributed by atoms with E-state index in [9.17, 15) is 15.0 Å². The number of amides is 1. The Morgan fingerprint density at radius 2 is 2.17 bits per heavy atom. The van der Waals surface area contributed by atoms with Gasteiger partial charge in [0.2, 0.25) is 0 Å². The summed E-state index contributed by atoms with van der Waals surface area (Å²) in [5.74, 6) is 0.110. The van der Waals surface area contributed by atoms with Gasteiger partial charge < -0.3 is 20.3 Å². The minimum atomic E-state index is -0.875. The number of ether oxygens (including phenoxy) is 1. The van der Waals surface area contributed by atoms with Crippen molar-refractivity contribution in [3.63, 3.8) is 0 Å². The molecular weight excluding hydrogens is 296 g/mol. The minimum Gasteiger partial charge on any atom is -0.508 e. The number of aliphatic hydroxyl groups is 1. The summed E-state index contributed by atoms with van der Waals surface area (Å²) >= 11 is 0. The molecule has 2 rings (SSSR count). The molecule has 23 heavy (non-hydrogen) atoms. The van der Waals surface area contributed by atoms with E-state index in [-0.39, 0.29) is 5.75 Å². The quantitative estimate of drug-likeness (QED) is 0.642. The number of anilines is 1. The number of benzene rings is 1. The Morgan fingerprint density at radius 1 is 1.43 bits per heavy atom. The summed E-state index contributed by atoms with van der Waals surface area (Å²) < 4.78 is 5.21. The third-order valence-electron chi connectivity index (χ3n) is 3.69. The molecule has 0 bridgehead atoms. The van der Waals surface area contributed by atoms with E-state index in [0.29, 0.717) is 30.6 Å². The van der Waals surface area contributed by atoms with Gasteiger partial charge in [0.05, 0.1) is 5.60 Å². The normalized spacial score (nSPS) is 21.7. The van der Waals surface area contributed by atoms with Gasteiger partial charge in [0.25, 0.3) is 0 Å². The van der Waals surface area contributed by atoms with Crippen LogP contribution >= 0.6 is 0 Å². The molecule has 1 aliphatic rings. The number of hydrogen-bond donors (Lipinski definition) is 4. The molecule has 1 fully saturated rings. The third kappa shape index (κ3) is 5.41. The molecule has 0 saturated carbocycles. The van der Waals surface area contributed by atoms with Crippen molar-refractivity contribution in [1.29, 1.82) is 0 Å². The Kier molecular flexibility index (Phi) is 5.16. The summed E-state index contributed by atoms with van der Waals surface area (Å²) in [6.07, 6.45) is 1.36. The first-order chi connectivity index (χ1) is 10.7. The van der Waals surface area contributed by atoms with Crippen molar-refractivity contribution in [2.75, 3.05) is 18.4 Å². The number of phenolic OH excluding ortho intramolecular Hbond substituents is 1. The first kappa shape index (κ1) is 17.6. The molecule has 0 aromatic heterocycles. The number of rotatable bonds is 3. The van der Waals surface area contributed by atoms with Crippen LogP contribution in [0.1, 0.15) is 39.2 Å². The van der Waals surface area contributed by atoms with Gasteiger partial charge in [-0.1, -0.05) is 0 Å². The molecule has 6 heteroatoms. The monoisotopic (exact) mass is 322 g/mol. The number of carbonyl (C=O) groups excluding carboxylic acids is 1. The summed E-state index contributed by atoms with van der Waals surface area (Å²) in [6, 6.07) is 4.79. The Labute approximate surface area is 136 Å². The van der Waals surface area contributed by atoms with Gasteiger partial charge in [-0.3, -0.25) is 5.32 Å². The zero-order valence-electron chi connectivity index (χ0n) is 14.0. The van der Waals surface area contributed by atoms with Crippen LogP contribution in [-0.2, 0) is 11.2 Å². The fourth-order valence-electron chi connectivity index (χ4n) is 2.68. The van der Waals surface area contributed by atoms with E-state index in [2.05, 4.69) is 10.6 Å². The van der Waals surface area contributed by atoms with Gasteiger partial charge >= 0.3 is 6.09 Å². The van der Waals surface area contributed by atoms with Gasteiger partial charge in [-0.2, -0.15) is 0 Å². The number of hydrogen-bond acceptors (Lipinski definition) is 5. The van der Waals surface area contributed by atoms with Crippen molar-refractivity contribution in [2.24, 2.45) is 0 Å². The molecule has 1 atom stereocenters. The zero-order chi connectivity index (χ0) is 17.1. The molecular formula is C17H26N2O4. The van der Waals surface area contributed by atoms with E-state index >= 15 is 0 Å². The van der Waals surface area contributed by atoms with Crippen molar-refractivity contribution < 1.29 is 19.7 Å². The van der Waals surface area contributed by atoms with Crippen LogP contribution < -0.4 is 10.6 Å². The molecule has 1 saturated heterocycles. The van der Waals surface area contributed by atoms with Crippen molar-refractivity contribution in [3.8, 4) is 5.75 Å². The highest BCUT2D eigenvalue weighted by Gasteiger charge is 2.30. The second kappa shape index (κ2) is 6.76. The lowest BCUT2D eigenvalue weighted by molar-refractivity contribution is 0.0165. The number of β-amino-alcohol motifs (C(OH)–C–C–N with tert-alkyl or cyclic N) is 1. The minimum absolute atomic E-state index is 0.110. The smallest absolute Gasteiger partial charge is 0.412 e. The molecule has 0 radical (unpaired) electrons. The average molecular weight is 322 g/mol. The van der Waals surface area contributed by atoms with Crippen LogP contribution in [0.5, 0.6) is 5.75 Å². The standard InChI is InChI=1S/C17H26N2O4/c1-16(2,3)23-15(21)19-13-5-6-14(20)12(9-13)10-17(22)7-4-8-18-11-17/h5-6,9,18,20,22H,4,7-8,10-11H2,1-3H3,(H,19,21). The molecule has 128 valence electrons. The lowest BCUT2D eigenvalue weighted by atomic mass is 9.87. The van der Waals surface area contributed by atoms with E-state index in [4.69, 9.17) is 4.74 Å². The molecule has 1 unspecified atom stereocenters. The molecule has 0 aliphatic carbocycles. The van der Waals surface area contributed by atoms with Gasteiger partial charge in [-0.25, -0.2) is 4.79 Å². The van der Waals surface area contributed by atoms with Gasteiger partial charge in [-0.15, -0.1) is 0 Å². The van der Waals surface area contributed by atoms with Crippen LogP contribution in [0.2, 0.25) is 0 Å². The predicted molar refractivity (Wildman–Crippen MR) is 88.7 cm³/mol. The highest BCUT2D eigenvalue weighted by atomic mass is 16.6. The number of nitrogens with one attached hydrogen (secondary N) is 2. The van der Waals surface area contributed by atoms with E-state index < -0.39 is 17.3 Å². The number of piperidine rings is 1. The molecule has 1 heterocycles. The number of aromatic hydroxyl groups is 1. The van der Waals surface area contributed by atoms with Crippen LogP contribution in [-0.4, -0.2) is 40.6 Å². The van der Waals surface area contributed by atoms with Crippen LogP contribution in [0.15, 0.2) is 18.2 Å². The van der Waals surface area contributed by atoms with Crippen molar-refractivity contribution in [3.05, 3.63) is 23.8 Å². The molecule has 1 aromatic rings. The lowest BCUT2D eigenvalue weighted by Crippen LogP contribution is -2.47. The van der Waals surface area contributed by atoms with Gasteiger partial charge in [0.15, 0.2) is 0 Å². The highest BCUT2D eigenvalue weighted by Crippen LogP contribution is 2.29. The molecule has 4 N–H and O–H groups in total. The molecule has 0 spiro atoms. The predicted octanol–water partition coefficient (Wildman–Crippen LogP) is 2.40. The fraction of sp³-hybridized carbons (Fsp3) is 0.588. The van der Waals surface area contributed by atoms with Crippen LogP contribution in [0.4, 0.5) is 10.5 Å². The Hall–Kier alpha value is -1.79. The third-order valence-corrected chi connectivity index (χ3v) is 3.69. The lowest BCUT2D eigenvalue weighted by Gasteiger charge is -2.33. The van der Waals surface area contributed by atoms with E-state index in [1.807, 2.05) is 0 Å². The first-order valence-corrected chi connectivity index (χ1v) is 7.92. The average Bonchev–Trinajstić information content (AvgIpc) is 2.41. The second-order valence-corrected chi connectivity index (χ2v) is 7.15. The van der Waals surface area contributed by atoms with E-state index in [1.54, 1.807) is 32.9 Å². The number of carbonyl (C=O) groups is 1. The topological polar surface area (TPSA) is 90.8 Å². The van der Waals surface area contributed by atoms with Crippen LogP contribution in [0, 0.1) is 0 Å². The number of phenols is 1. The Morgan fingerprint density at radius 3 is 2.78 bits per heavy atom. The van der Waals surface area contributed by atoms with Crippen molar-refractivity contribution in [2.45, 2.75) is 51.2 Å². The summed E-state index contributed by atoms with van der Waals surface area (Å²) in [5.41, 5.74) is -0.322. The SMILES string of the molecule is CC(C)(C)OC(=O)Nc1ccc(O)c(CC2(O)CCCNC2)c1. The summed E-state index contributed by atoms with van der Waals surface area (Å²) in [7, 11) is 0. The first-order valence-electron chi connectivity index (χ1n) is 7.92. The van der Waals surface area contributed by atoms with E-state index in [0.717, 1.165) is 13.0 Å². The molecule has 1 aliphatic heterocycles. The van der Waals surface area contributed by atoms with Crippen molar-refractivity contribution >= 4 is 11.8 Å². The van der Waals surface area contributed by atoms with Crippen molar-refractivity contribution in [1.82, 2.24) is 5.32 Å². The maximum absolute atomic E-state index is 11.8.